The minimum atomic E-state index is -0.535. The van der Waals surface area contributed by atoms with Crippen molar-refractivity contribution in [2.45, 2.75) is 13.3 Å². The lowest BCUT2D eigenvalue weighted by Gasteiger charge is -2.10. The van der Waals surface area contributed by atoms with E-state index < -0.39 is 5.97 Å². The zero-order chi connectivity index (χ0) is 17.6. The molecular weight excluding hydrogens is 336 g/mol. The summed E-state index contributed by atoms with van der Waals surface area (Å²) in [5.41, 5.74) is 2.97. The van der Waals surface area contributed by atoms with Crippen LogP contribution in [0.2, 0.25) is 0 Å². The molecule has 0 unspecified atom stereocenters. The maximum Gasteiger partial charge on any atom is 0.331 e. The van der Waals surface area contributed by atoms with Gasteiger partial charge < -0.3 is 4.74 Å². The van der Waals surface area contributed by atoms with E-state index in [1.807, 2.05) is 48.7 Å². The molecule has 0 bridgehead atoms. The summed E-state index contributed by atoms with van der Waals surface area (Å²) in [5.74, 6) is -0.854. The summed E-state index contributed by atoms with van der Waals surface area (Å²) in [7, 11) is 0. The highest BCUT2D eigenvalue weighted by atomic mass is 32.1. The Bertz CT molecular complexity index is 824. The van der Waals surface area contributed by atoms with Gasteiger partial charge in [0, 0.05) is 17.4 Å². The van der Waals surface area contributed by atoms with E-state index in [9.17, 15) is 9.59 Å². The molecule has 0 radical (unpaired) electrons. The van der Waals surface area contributed by atoms with Crippen LogP contribution in [0.25, 0.3) is 6.08 Å². The van der Waals surface area contributed by atoms with E-state index in [0.29, 0.717) is 13.0 Å². The second kappa shape index (κ2) is 7.90. The molecule has 25 heavy (non-hydrogen) atoms. The first-order chi connectivity index (χ1) is 12.1. The fraction of sp³-hybridized carbons (Fsp3) is 0.211. The molecule has 6 heteroatoms. The third kappa shape index (κ3) is 4.42. The highest BCUT2D eigenvalue weighted by Gasteiger charge is 2.22. The third-order valence-corrected chi connectivity index (χ3v) is 4.79. The van der Waals surface area contributed by atoms with Crippen molar-refractivity contribution in [3.05, 3.63) is 63.9 Å². The summed E-state index contributed by atoms with van der Waals surface area (Å²) in [6.07, 6.45) is 3.74. The van der Waals surface area contributed by atoms with Crippen LogP contribution < -0.4 is 0 Å². The molecule has 128 valence electrons. The molecule has 0 aliphatic carbocycles. The van der Waals surface area contributed by atoms with Crippen LogP contribution in [0.4, 0.5) is 0 Å². The summed E-state index contributed by atoms with van der Waals surface area (Å²) in [4.78, 5) is 24.9. The van der Waals surface area contributed by atoms with Crippen LogP contribution in [0.3, 0.4) is 0 Å². The Morgan fingerprint density at radius 3 is 2.80 bits per heavy atom. The fourth-order valence-electron chi connectivity index (χ4n) is 2.43. The smallest absolute Gasteiger partial charge is 0.331 e. The van der Waals surface area contributed by atoms with E-state index in [0.717, 1.165) is 21.7 Å². The molecule has 2 heterocycles. The monoisotopic (exact) mass is 354 g/mol. The second-order valence-electron chi connectivity index (χ2n) is 5.59. The molecule has 1 aliphatic rings. The largest absolute Gasteiger partial charge is 0.452 e. The van der Waals surface area contributed by atoms with E-state index in [2.05, 4.69) is 5.10 Å². The van der Waals surface area contributed by atoms with Crippen LogP contribution >= 0.6 is 11.3 Å². The van der Waals surface area contributed by atoms with Crippen LogP contribution in [0.15, 0.2) is 53.0 Å². The molecule has 1 amide bonds. The Kier molecular flexibility index (Phi) is 5.40. The van der Waals surface area contributed by atoms with Gasteiger partial charge in [-0.1, -0.05) is 30.3 Å². The Morgan fingerprint density at radius 2 is 2.08 bits per heavy atom. The first-order valence-corrected chi connectivity index (χ1v) is 8.83. The van der Waals surface area contributed by atoms with Crippen LogP contribution in [0.5, 0.6) is 0 Å². The van der Waals surface area contributed by atoms with Gasteiger partial charge in [0.15, 0.2) is 6.61 Å². The number of carbonyl (C=O) groups excluding carboxylic acids is 2. The molecule has 0 atom stereocenters. The molecule has 1 aliphatic heterocycles. The van der Waals surface area contributed by atoms with Gasteiger partial charge in [-0.15, -0.1) is 11.3 Å². The third-order valence-electron chi connectivity index (χ3n) is 3.81. The van der Waals surface area contributed by atoms with E-state index in [1.165, 1.54) is 11.1 Å². The number of hydrogen-bond donors (Lipinski definition) is 0. The number of amides is 1. The molecule has 2 aromatic rings. The molecule has 0 N–H and O–H groups in total. The summed E-state index contributed by atoms with van der Waals surface area (Å²) in [6.45, 7) is 2.17. The van der Waals surface area contributed by atoms with Crippen molar-refractivity contribution in [1.29, 1.82) is 0 Å². The summed E-state index contributed by atoms with van der Waals surface area (Å²) < 4.78 is 5.01. The number of carbonyl (C=O) groups is 2. The zero-order valence-corrected chi connectivity index (χ0v) is 14.7. The zero-order valence-electron chi connectivity index (χ0n) is 13.8. The first kappa shape index (κ1) is 17.1. The van der Waals surface area contributed by atoms with Crippen molar-refractivity contribution < 1.29 is 14.3 Å². The lowest BCUT2D eigenvalue weighted by Crippen LogP contribution is -2.28. The number of esters is 1. The van der Waals surface area contributed by atoms with Gasteiger partial charge in [0.1, 0.15) is 0 Å². The maximum absolute atomic E-state index is 12.1. The standard InChI is InChI=1S/C19H18N2O3S/c1-14-10-12-25-17(14)7-8-19(23)24-13-18(22)21-11-9-16(20-21)15-5-3-2-4-6-15/h2-8,10,12H,9,11,13H2,1H3/b8-7+. The topological polar surface area (TPSA) is 59.0 Å². The van der Waals surface area contributed by atoms with Crippen molar-refractivity contribution in [2.24, 2.45) is 5.10 Å². The van der Waals surface area contributed by atoms with Crippen molar-refractivity contribution in [2.75, 3.05) is 13.2 Å². The quantitative estimate of drug-likeness (QED) is 0.612. The van der Waals surface area contributed by atoms with Crippen LogP contribution in [-0.4, -0.2) is 35.7 Å². The van der Waals surface area contributed by atoms with Crippen LogP contribution in [-0.2, 0) is 14.3 Å². The van der Waals surface area contributed by atoms with E-state index in [-0.39, 0.29) is 12.5 Å². The predicted molar refractivity (Wildman–Crippen MR) is 98.4 cm³/mol. The van der Waals surface area contributed by atoms with Crippen molar-refractivity contribution in [3.63, 3.8) is 0 Å². The van der Waals surface area contributed by atoms with Gasteiger partial charge in [-0.05, 0) is 35.6 Å². The van der Waals surface area contributed by atoms with Gasteiger partial charge in [-0.3, -0.25) is 4.79 Å². The summed E-state index contributed by atoms with van der Waals surface area (Å²) >= 11 is 1.55. The fourth-order valence-corrected chi connectivity index (χ4v) is 3.24. The molecule has 1 aromatic carbocycles. The van der Waals surface area contributed by atoms with Gasteiger partial charge >= 0.3 is 5.97 Å². The molecule has 0 fully saturated rings. The van der Waals surface area contributed by atoms with Gasteiger partial charge in [0.05, 0.1) is 12.3 Å². The van der Waals surface area contributed by atoms with E-state index in [1.54, 1.807) is 17.4 Å². The normalized spacial score (nSPS) is 14.0. The highest BCUT2D eigenvalue weighted by Crippen LogP contribution is 2.17. The Hall–Kier alpha value is -2.73. The molecule has 1 aromatic heterocycles. The minimum absolute atomic E-state index is 0.307. The maximum atomic E-state index is 12.1. The second-order valence-corrected chi connectivity index (χ2v) is 6.54. The average molecular weight is 354 g/mol. The summed E-state index contributed by atoms with van der Waals surface area (Å²) in [6, 6.07) is 11.7. The average Bonchev–Trinajstić information content (AvgIpc) is 3.28. The number of thiophene rings is 1. The number of nitrogens with zero attached hydrogens (tertiary/aromatic N) is 2. The molecule has 0 saturated heterocycles. The minimum Gasteiger partial charge on any atom is -0.452 e. The number of hydrogen-bond acceptors (Lipinski definition) is 5. The van der Waals surface area contributed by atoms with Gasteiger partial charge in [-0.25, -0.2) is 9.80 Å². The Labute approximate surface area is 150 Å². The van der Waals surface area contributed by atoms with Crippen molar-refractivity contribution >= 4 is 35.0 Å². The number of ether oxygens (including phenoxy) is 1. The lowest BCUT2D eigenvalue weighted by molar-refractivity contribution is -0.147. The first-order valence-electron chi connectivity index (χ1n) is 7.95. The SMILES string of the molecule is Cc1ccsc1/C=C/C(=O)OCC(=O)N1CCC(c2ccccc2)=N1. The van der Waals surface area contributed by atoms with Crippen LogP contribution in [0.1, 0.15) is 22.4 Å². The molecule has 0 spiro atoms. The van der Waals surface area contributed by atoms with Crippen molar-refractivity contribution in [3.8, 4) is 0 Å². The van der Waals surface area contributed by atoms with Gasteiger partial charge in [-0.2, -0.15) is 5.10 Å². The van der Waals surface area contributed by atoms with Crippen LogP contribution in [0, 0.1) is 6.92 Å². The molecular formula is C19H18N2O3S. The van der Waals surface area contributed by atoms with E-state index in [4.69, 9.17) is 4.74 Å². The molecule has 5 nitrogen and oxygen atoms in total. The van der Waals surface area contributed by atoms with Crippen molar-refractivity contribution in [1.82, 2.24) is 5.01 Å². The Balaban J connectivity index is 1.51. The number of aryl methyl sites for hydroxylation is 1. The van der Waals surface area contributed by atoms with Gasteiger partial charge in [0.25, 0.3) is 5.91 Å². The summed E-state index contributed by atoms with van der Waals surface area (Å²) in [5, 5.41) is 7.65. The number of rotatable bonds is 5. The number of hydrazone groups is 1. The number of benzene rings is 1. The highest BCUT2D eigenvalue weighted by molar-refractivity contribution is 7.11. The van der Waals surface area contributed by atoms with E-state index >= 15 is 0 Å². The Morgan fingerprint density at radius 1 is 1.28 bits per heavy atom. The lowest BCUT2D eigenvalue weighted by atomic mass is 10.1. The molecule has 0 saturated carbocycles. The molecule has 3 rings (SSSR count). The van der Waals surface area contributed by atoms with Gasteiger partial charge in [0.2, 0.25) is 0 Å². The predicted octanol–water partition coefficient (Wildman–Crippen LogP) is 3.25.